The van der Waals surface area contributed by atoms with Gasteiger partial charge >= 0.3 is 6.18 Å². The summed E-state index contributed by atoms with van der Waals surface area (Å²) in [5.74, 6) is 0. The highest BCUT2D eigenvalue weighted by molar-refractivity contribution is 5.40. The smallest absolute Gasteiger partial charge is 0.327 e. The molecular weight excluding hydrogens is 249 g/mol. The normalized spacial score (nSPS) is 12.6. The van der Waals surface area contributed by atoms with Crippen molar-refractivity contribution < 1.29 is 22.6 Å². The number of hydrogen-bond acceptors (Lipinski definition) is 2. The fourth-order valence-electron chi connectivity index (χ4n) is 1.58. The monoisotopic (exact) mass is 263 g/mol. The number of non-ortho nitro benzene ring substituents is 1. The summed E-state index contributed by atoms with van der Waals surface area (Å²) in [7, 11) is 5.39. The minimum absolute atomic E-state index is 0.282. The molecule has 0 N–H and O–H groups in total. The summed E-state index contributed by atoms with van der Waals surface area (Å²) in [6.07, 6.45) is -4.58. The van der Waals surface area contributed by atoms with E-state index in [2.05, 4.69) is 0 Å². The van der Waals surface area contributed by atoms with Gasteiger partial charge in [0.2, 0.25) is 0 Å². The molecule has 0 aliphatic carbocycles. The first kappa shape index (κ1) is 14.4. The highest BCUT2D eigenvalue weighted by atomic mass is 19.4. The molecule has 0 saturated heterocycles. The third kappa shape index (κ3) is 3.99. The maximum absolute atomic E-state index is 12.6. The Morgan fingerprint density at radius 2 is 1.78 bits per heavy atom. The number of nitrogens with zero attached hydrogens (tertiary/aromatic N) is 2. The number of alkyl halides is 3. The van der Waals surface area contributed by atoms with Crippen molar-refractivity contribution in [2.45, 2.75) is 12.7 Å². The molecule has 100 valence electrons. The van der Waals surface area contributed by atoms with E-state index >= 15 is 0 Å². The van der Waals surface area contributed by atoms with Gasteiger partial charge < -0.3 is 4.48 Å². The Kier molecular flexibility index (Phi) is 3.66. The van der Waals surface area contributed by atoms with Crippen molar-refractivity contribution in [1.82, 2.24) is 0 Å². The van der Waals surface area contributed by atoms with Crippen LogP contribution in [-0.4, -0.2) is 30.5 Å². The third-order valence-corrected chi connectivity index (χ3v) is 2.17. The van der Waals surface area contributed by atoms with E-state index in [1.54, 1.807) is 21.1 Å². The summed E-state index contributed by atoms with van der Waals surface area (Å²) in [5.41, 5.74) is -1.22. The predicted molar refractivity (Wildman–Crippen MR) is 59.8 cm³/mol. The molecule has 0 amide bonds. The van der Waals surface area contributed by atoms with E-state index in [1.807, 2.05) is 0 Å². The molecule has 1 rings (SSSR count). The van der Waals surface area contributed by atoms with Crippen LogP contribution in [0.25, 0.3) is 0 Å². The zero-order valence-electron chi connectivity index (χ0n) is 10.3. The number of benzene rings is 1. The molecule has 0 fully saturated rings. The molecule has 7 heteroatoms. The lowest BCUT2D eigenvalue weighted by Crippen LogP contribution is -2.33. The van der Waals surface area contributed by atoms with Gasteiger partial charge in [0.25, 0.3) is 5.69 Å². The van der Waals surface area contributed by atoms with Gasteiger partial charge in [0.1, 0.15) is 6.54 Å². The van der Waals surface area contributed by atoms with Crippen molar-refractivity contribution in [3.05, 3.63) is 39.4 Å². The SMILES string of the molecule is C[N+](C)(C)Cc1cc([N+](=O)[O-])cc(C(F)(F)F)c1. The van der Waals surface area contributed by atoms with Gasteiger partial charge in [-0.3, -0.25) is 10.1 Å². The van der Waals surface area contributed by atoms with Gasteiger partial charge in [-0.05, 0) is 6.07 Å². The number of rotatable bonds is 3. The minimum atomic E-state index is -4.58. The lowest BCUT2D eigenvalue weighted by molar-refractivity contribution is -0.884. The molecule has 0 radical (unpaired) electrons. The van der Waals surface area contributed by atoms with Crippen LogP contribution in [0.3, 0.4) is 0 Å². The lowest BCUT2D eigenvalue weighted by atomic mass is 10.1. The second-order valence-electron chi connectivity index (χ2n) is 5.09. The number of hydrogen-bond donors (Lipinski definition) is 0. The van der Waals surface area contributed by atoms with E-state index in [0.717, 1.165) is 6.07 Å². The Balaban J connectivity index is 3.27. The molecular formula is C11H14F3N2O2+. The molecule has 0 spiro atoms. The van der Waals surface area contributed by atoms with Crippen molar-refractivity contribution >= 4 is 5.69 Å². The average molecular weight is 263 g/mol. The van der Waals surface area contributed by atoms with Crippen LogP contribution in [-0.2, 0) is 12.7 Å². The lowest BCUT2D eigenvalue weighted by Gasteiger charge is -2.24. The molecule has 0 saturated carbocycles. The summed E-state index contributed by atoms with van der Waals surface area (Å²) in [5, 5.41) is 10.6. The van der Waals surface area contributed by atoms with Gasteiger partial charge in [-0.15, -0.1) is 0 Å². The van der Waals surface area contributed by atoms with E-state index in [0.29, 0.717) is 16.1 Å². The van der Waals surface area contributed by atoms with Crippen LogP contribution in [0.1, 0.15) is 11.1 Å². The Morgan fingerprint density at radius 1 is 1.22 bits per heavy atom. The summed E-state index contributed by atoms with van der Waals surface area (Å²) >= 11 is 0. The summed E-state index contributed by atoms with van der Waals surface area (Å²) < 4.78 is 38.2. The second kappa shape index (κ2) is 4.56. The zero-order valence-corrected chi connectivity index (χ0v) is 10.3. The quantitative estimate of drug-likeness (QED) is 0.478. The molecule has 1 aromatic carbocycles. The fourth-order valence-corrected chi connectivity index (χ4v) is 1.58. The maximum Gasteiger partial charge on any atom is 0.416 e. The highest BCUT2D eigenvalue weighted by Gasteiger charge is 2.33. The van der Waals surface area contributed by atoms with Crippen molar-refractivity contribution in [1.29, 1.82) is 0 Å². The largest absolute Gasteiger partial charge is 0.416 e. The summed E-state index contributed by atoms with van der Waals surface area (Å²) in [6.45, 7) is 0.282. The molecule has 0 heterocycles. The Hall–Kier alpha value is -1.63. The standard InChI is InChI=1S/C11H14F3N2O2/c1-16(2,3)7-8-4-9(11(12,13)14)6-10(5-8)15(17)18/h4-6H,7H2,1-3H3/q+1. The predicted octanol–water partition coefficient (Wildman–Crippen LogP) is 2.82. The Labute approximate surface area is 102 Å². The van der Waals surface area contributed by atoms with E-state index in [-0.39, 0.29) is 6.54 Å². The number of halogens is 3. The molecule has 18 heavy (non-hydrogen) atoms. The van der Waals surface area contributed by atoms with E-state index < -0.39 is 22.4 Å². The fraction of sp³-hybridized carbons (Fsp3) is 0.455. The number of quaternary nitrogens is 1. The van der Waals surface area contributed by atoms with Gasteiger partial charge in [0.15, 0.2) is 0 Å². The molecule has 1 aromatic rings. The van der Waals surface area contributed by atoms with E-state index in [1.165, 1.54) is 6.07 Å². The highest BCUT2D eigenvalue weighted by Crippen LogP contribution is 2.33. The van der Waals surface area contributed by atoms with Crippen LogP contribution in [0.5, 0.6) is 0 Å². The topological polar surface area (TPSA) is 43.1 Å². The molecule has 0 atom stereocenters. The Morgan fingerprint density at radius 3 is 2.17 bits per heavy atom. The number of nitro benzene ring substituents is 1. The minimum Gasteiger partial charge on any atom is -0.327 e. The van der Waals surface area contributed by atoms with Crippen molar-refractivity contribution in [2.75, 3.05) is 21.1 Å². The zero-order chi connectivity index (χ0) is 14.1. The molecule has 0 bridgehead atoms. The van der Waals surface area contributed by atoms with Crippen LogP contribution < -0.4 is 0 Å². The van der Waals surface area contributed by atoms with Crippen LogP contribution in [0.2, 0.25) is 0 Å². The second-order valence-corrected chi connectivity index (χ2v) is 5.09. The molecule has 0 aliphatic heterocycles. The number of nitro groups is 1. The maximum atomic E-state index is 12.6. The van der Waals surface area contributed by atoms with Gasteiger partial charge in [-0.2, -0.15) is 13.2 Å². The van der Waals surface area contributed by atoms with Gasteiger partial charge in [-0.1, -0.05) is 0 Å². The van der Waals surface area contributed by atoms with Crippen molar-refractivity contribution in [3.63, 3.8) is 0 Å². The van der Waals surface area contributed by atoms with Gasteiger partial charge in [0.05, 0.1) is 31.6 Å². The van der Waals surface area contributed by atoms with E-state index in [9.17, 15) is 23.3 Å². The summed E-state index contributed by atoms with van der Waals surface area (Å²) in [4.78, 5) is 9.82. The first-order valence-corrected chi connectivity index (χ1v) is 5.15. The van der Waals surface area contributed by atoms with E-state index in [4.69, 9.17) is 0 Å². The average Bonchev–Trinajstić information content (AvgIpc) is 2.12. The first-order valence-electron chi connectivity index (χ1n) is 5.15. The van der Waals surface area contributed by atoms with Gasteiger partial charge in [0, 0.05) is 17.7 Å². The van der Waals surface area contributed by atoms with Crippen LogP contribution in [0.15, 0.2) is 18.2 Å². The molecule has 4 nitrogen and oxygen atoms in total. The van der Waals surface area contributed by atoms with Crippen LogP contribution >= 0.6 is 0 Å². The molecule has 0 aliphatic rings. The third-order valence-electron chi connectivity index (χ3n) is 2.17. The van der Waals surface area contributed by atoms with Gasteiger partial charge in [-0.25, -0.2) is 0 Å². The molecule has 0 unspecified atom stereocenters. The van der Waals surface area contributed by atoms with Crippen LogP contribution in [0, 0.1) is 10.1 Å². The Bertz CT molecular complexity index is 464. The summed E-state index contributed by atoms with van der Waals surface area (Å²) in [6, 6.07) is 2.69. The van der Waals surface area contributed by atoms with Crippen molar-refractivity contribution in [2.24, 2.45) is 0 Å². The van der Waals surface area contributed by atoms with Crippen LogP contribution in [0.4, 0.5) is 18.9 Å². The van der Waals surface area contributed by atoms with Crippen molar-refractivity contribution in [3.8, 4) is 0 Å². The first-order chi connectivity index (χ1) is 7.99. The molecule has 0 aromatic heterocycles.